The summed E-state index contributed by atoms with van der Waals surface area (Å²) in [5.74, 6) is 0.314. The molecule has 0 bridgehead atoms. The lowest BCUT2D eigenvalue weighted by atomic mass is 10.2. The molecule has 2 aromatic rings. The van der Waals surface area contributed by atoms with Crippen molar-refractivity contribution in [3.8, 4) is 5.69 Å². The van der Waals surface area contributed by atoms with Crippen molar-refractivity contribution >= 4 is 58.2 Å². The normalized spacial score (nSPS) is 12.7. The van der Waals surface area contributed by atoms with Crippen LogP contribution in [0.4, 0.5) is 17.6 Å². The Hall–Kier alpha value is -0.340. The molecule has 0 fully saturated rings. The maximum Gasteiger partial charge on any atom is 0.416 e. The van der Waals surface area contributed by atoms with Crippen LogP contribution in [0.2, 0.25) is 10.0 Å². The van der Waals surface area contributed by atoms with Crippen LogP contribution in [0.25, 0.3) is 5.69 Å². The molecule has 0 unspecified atom stereocenters. The van der Waals surface area contributed by atoms with E-state index in [0.717, 1.165) is 12.1 Å². The average Bonchev–Trinajstić information content (AvgIpc) is 2.65. The van der Waals surface area contributed by atoms with E-state index in [-0.39, 0.29) is 20.8 Å². The topological polar surface area (TPSA) is 17.8 Å². The number of alkyl halides is 6. The van der Waals surface area contributed by atoms with Crippen LogP contribution in [-0.2, 0) is 6.18 Å². The van der Waals surface area contributed by atoms with Gasteiger partial charge in [-0.15, -0.1) is 0 Å². The summed E-state index contributed by atoms with van der Waals surface area (Å²) in [6.45, 7) is 1.54. The molecular weight excluding hydrogens is 422 g/mol. The largest absolute Gasteiger partial charge is 0.416 e. The minimum atomic E-state index is -4.58. The van der Waals surface area contributed by atoms with E-state index < -0.39 is 15.7 Å². The third-order valence-electron chi connectivity index (χ3n) is 2.67. The molecule has 1 aromatic heterocycles. The van der Waals surface area contributed by atoms with Gasteiger partial charge in [-0.25, -0.2) is 4.98 Å². The second-order valence-electron chi connectivity index (χ2n) is 4.33. The first kappa shape index (κ1) is 19.0. The maximum absolute atomic E-state index is 13.2. The summed E-state index contributed by atoms with van der Waals surface area (Å²) in [5, 5.41) is -0.350. The average molecular weight is 428 g/mol. The smallest absolute Gasteiger partial charge is 0.300 e. The van der Waals surface area contributed by atoms with Gasteiger partial charge in [0.1, 0.15) is 10.9 Å². The van der Waals surface area contributed by atoms with Crippen molar-refractivity contribution in [2.45, 2.75) is 22.0 Å². The molecule has 2 rings (SSSR count). The Morgan fingerprint density at radius 2 is 1.61 bits per heavy atom. The fourth-order valence-electron chi connectivity index (χ4n) is 1.80. The zero-order valence-electron chi connectivity index (χ0n) is 11.1. The van der Waals surface area contributed by atoms with Crippen LogP contribution in [0, 0.1) is 6.92 Å². The highest BCUT2D eigenvalue weighted by Crippen LogP contribution is 2.42. The van der Waals surface area contributed by atoms with Crippen molar-refractivity contribution in [2.24, 2.45) is 0 Å². The maximum atomic E-state index is 13.2. The van der Waals surface area contributed by atoms with Crippen LogP contribution in [-0.4, -0.2) is 13.5 Å². The van der Waals surface area contributed by atoms with Crippen LogP contribution in [0.15, 0.2) is 23.4 Å². The van der Waals surface area contributed by atoms with Gasteiger partial charge in [0.15, 0.2) is 0 Å². The molecule has 0 radical (unpaired) electrons. The molecule has 11 heteroatoms. The molecule has 0 atom stereocenters. The second kappa shape index (κ2) is 6.52. The number of hydrogen-bond acceptors (Lipinski definition) is 2. The molecule has 1 heterocycles. The Balaban J connectivity index is 2.51. The molecule has 23 heavy (non-hydrogen) atoms. The fourth-order valence-corrected chi connectivity index (χ4v) is 3.52. The number of rotatable bonds is 3. The Bertz CT molecular complexity index is 717. The molecular formula is C12H6Cl4F4N2S. The number of halogens is 8. The lowest BCUT2D eigenvalue weighted by molar-refractivity contribution is -0.137. The molecule has 0 aliphatic heterocycles. The summed E-state index contributed by atoms with van der Waals surface area (Å²) >= 11 is 22.8. The zero-order valence-corrected chi connectivity index (χ0v) is 14.9. The van der Waals surface area contributed by atoms with Crippen molar-refractivity contribution in [3.05, 3.63) is 39.8 Å². The number of imidazole rings is 1. The molecule has 0 spiro atoms. The Kier molecular flexibility index (Phi) is 5.38. The molecule has 1 aromatic carbocycles. The van der Waals surface area contributed by atoms with Crippen LogP contribution >= 0.6 is 58.2 Å². The van der Waals surface area contributed by atoms with E-state index in [1.54, 1.807) is 0 Å². The van der Waals surface area contributed by atoms with Gasteiger partial charge in [-0.05, 0) is 30.8 Å². The summed E-state index contributed by atoms with van der Waals surface area (Å²) in [6, 6.07) is 1.50. The number of benzene rings is 1. The van der Waals surface area contributed by atoms with Crippen LogP contribution in [0.5, 0.6) is 0 Å². The predicted octanol–water partition coefficient (Wildman–Crippen LogP) is 6.66. The Labute approximate surface area is 152 Å². The molecule has 2 nitrogen and oxygen atoms in total. The minimum Gasteiger partial charge on any atom is -0.300 e. The van der Waals surface area contributed by atoms with E-state index in [9.17, 15) is 17.6 Å². The van der Waals surface area contributed by atoms with Gasteiger partial charge in [-0.3, -0.25) is 4.57 Å². The predicted molar refractivity (Wildman–Crippen MR) is 84.7 cm³/mol. The van der Waals surface area contributed by atoms with Crippen molar-refractivity contribution in [3.63, 3.8) is 0 Å². The standard InChI is InChI=1S/C12H6Cl4F4N2S/c1-5-21-9(23-12(15,16)20)4-22(5)10-7(13)2-6(3-8(10)14)11(17,18)19/h2-4H,1H3. The summed E-state index contributed by atoms with van der Waals surface area (Å²) in [4.78, 5) is 4.00. The minimum absolute atomic E-state index is 0.0896. The van der Waals surface area contributed by atoms with Gasteiger partial charge < -0.3 is 0 Å². The molecule has 0 saturated heterocycles. The summed E-state index contributed by atoms with van der Waals surface area (Å²) in [7, 11) is 0. The number of aryl methyl sites for hydroxylation is 1. The van der Waals surface area contributed by atoms with Crippen molar-refractivity contribution in [2.75, 3.05) is 0 Å². The quantitative estimate of drug-likeness (QED) is 0.309. The highest BCUT2D eigenvalue weighted by atomic mass is 35.5. The summed E-state index contributed by atoms with van der Waals surface area (Å²) < 4.78 is 50.2. The SMILES string of the molecule is Cc1nc(SC(F)(Cl)Cl)cn1-c1c(Cl)cc(C(F)(F)F)cc1Cl. The van der Waals surface area contributed by atoms with Crippen molar-refractivity contribution < 1.29 is 17.6 Å². The number of nitrogens with zero attached hydrogens (tertiary/aromatic N) is 2. The van der Waals surface area contributed by atoms with Gasteiger partial charge in [0, 0.05) is 6.20 Å². The number of hydrogen-bond donors (Lipinski definition) is 0. The summed E-state index contributed by atoms with van der Waals surface area (Å²) in [5.41, 5.74) is -0.889. The zero-order chi connectivity index (χ0) is 17.6. The Morgan fingerprint density at radius 3 is 2.04 bits per heavy atom. The fraction of sp³-hybridized carbons (Fsp3) is 0.250. The van der Waals surface area contributed by atoms with E-state index in [1.807, 2.05) is 0 Å². The third kappa shape index (κ3) is 4.60. The first-order valence-corrected chi connectivity index (χ1v) is 8.09. The Morgan fingerprint density at radius 1 is 1.09 bits per heavy atom. The van der Waals surface area contributed by atoms with E-state index in [4.69, 9.17) is 46.4 Å². The van der Waals surface area contributed by atoms with Gasteiger partial charge in [0.05, 0.1) is 21.3 Å². The van der Waals surface area contributed by atoms with E-state index in [0.29, 0.717) is 17.6 Å². The number of aromatic nitrogens is 2. The van der Waals surface area contributed by atoms with Gasteiger partial charge in [0.2, 0.25) is 0 Å². The van der Waals surface area contributed by atoms with Crippen LogP contribution in [0.1, 0.15) is 11.4 Å². The van der Waals surface area contributed by atoms with Gasteiger partial charge in [-0.2, -0.15) is 17.6 Å². The molecule has 0 amide bonds. The molecule has 0 aliphatic carbocycles. The lowest BCUT2D eigenvalue weighted by Gasteiger charge is -2.13. The molecule has 126 valence electrons. The first-order valence-electron chi connectivity index (χ1n) is 5.77. The van der Waals surface area contributed by atoms with E-state index in [2.05, 4.69) is 4.98 Å². The van der Waals surface area contributed by atoms with E-state index in [1.165, 1.54) is 17.7 Å². The second-order valence-corrected chi connectivity index (χ2v) is 8.01. The van der Waals surface area contributed by atoms with Gasteiger partial charge in [-0.1, -0.05) is 46.4 Å². The molecule has 0 aliphatic rings. The highest BCUT2D eigenvalue weighted by molar-refractivity contribution is 8.03. The number of thioether (sulfide) groups is 1. The lowest BCUT2D eigenvalue weighted by Crippen LogP contribution is -2.07. The monoisotopic (exact) mass is 426 g/mol. The van der Waals surface area contributed by atoms with Gasteiger partial charge >= 0.3 is 10.1 Å². The highest BCUT2D eigenvalue weighted by Gasteiger charge is 2.32. The molecule has 0 N–H and O–H groups in total. The van der Waals surface area contributed by atoms with Gasteiger partial charge in [0.25, 0.3) is 0 Å². The van der Waals surface area contributed by atoms with Crippen molar-refractivity contribution in [1.82, 2.24) is 9.55 Å². The first-order chi connectivity index (χ1) is 10.4. The van der Waals surface area contributed by atoms with Crippen LogP contribution < -0.4 is 0 Å². The third-order valence-corrected chi connectivity index (χ3v) is 4.34. The summed E-state index contributed by atoms with van der Waals surface area (Å²) in [6.07, 6.45) is -3.26. The van der Waals surface area contributed by atoms with Crippen molar-refractivity contribution in [1.29, 1.82) is 0 Å². The molecule has 0 saturated carbocycles. The van der Waals surface area contributed by atoms with E-state index >= 15 is 0 Å². The van der Waals surface area contributed by atoms with Crippen LogP contribution in [0.3, 0.4) is 0 Å².